The maximum atomic E-state index is 13.0. The normalized spacial score (nSPS) is 31.3. The van der Waals surface area contributed by atoms with Gasteiger partial charge >= 0.3 is 0 Å². The highest BCUT2D eigenvalue weighted by molar-refractivity contribution is 5.81. The third-order valence-electron chi connectivity index (χ3n) is 5.34. The van der Waals surface area contributed by atoms with Crippen molar-refractivity contribution < 1.29 is 18.7 Å². The number of ether oxygens (including phenoxy) is 2. The molecule has 7 nitrogen and oxygen atoms in total. The first-order valence-electron chi connectivity index (χ1n) is 9.26. The Labute approximate surface area is 149 Å². The van der Waals surface area contributed by atoms with Crippen LogP contribution in [0.15, 0.2) is 4.42 Å². The van der Waals surface area contributed by atoms with E-state index >= 15 is 0 Å². The second-order valence-electron chi connectivity index (χ2n) is 7.43. The first-order valence-corrected chi connectivity index (χ1v) is 9.26. The van der Waals surface area contributed by atoms with Gasteiger partial charge in [0.1, 0.15) is 12.1 Å². The molecule has 1 aliphatic heterocycles. The lowest BCUT2D eigenvalue weighted by Gasteiger charge is -2.31. The Morgan fingerprint density at radius 1 is 1.28 bits per heavy atom. The summed E-state index contributed by atoms with van der Waals surface area (Å²) >= 11 is 0. The maximum absolute atomic E-state index is 13.0. The molecule has 1 aromatic heterocycles. The molecule has 3 rings (SSSR count). The van der Waals surface area contributed by atoms with E-state index in [0.29, 0.717) is 30.7 Å². The smallest absolute Gasteiger partial charge is 0.252 e. The molecule has 0 bridgehead atoms. The molecule has 2 heterocycles. The number of likely N-dealkylation sites (tertiary alicyclic amines) is 1. The third-order valence-corrected chi connectivity index (χ3v) is 5.34. The largest absolute Gasteiger partial charge is 0.423 e. The van der Waals surface area contributed by atoms with Crippen molar-refractivity contribution in [1.82, 2.24) is 15.1 Å². The van der Waals surface area contributed by atoms with Crippen molar-refractivity contribution in [3.63, 3.8) is 0 Å². The number of hydrogen-bond acceptors (Lipinski definition) is 6. The van der Waals surface area contributed by atoms with E-state index in [9.17, 15) is 4.79 Å². The minimum atomic E-state index is -0.475. The number of amides is 1. The van der Waals surface area contributed by atoms with E-state index in [-0.39, 0.29) is 24.2 Å². The maximum Gasteiger partial charge on any atom is 0.252 e. The fourth-order valence-electron chi connectivity index (χ4n) is 3.97. The van der Waals surface area contributed by atoms with Crippen LogP contribution in [0.5, 0.6) is 0 Å². The monoisotopic (exact) mass is 351 g/mol. The minimum Gasteiger partial charge on any atom is -0.423 e. The van der Waals surface area contributed by atoms with Gasteiger partial charge in [-0.05, 0) is 25.7 Å². The third kappa shape index (κ3) is 4.20. The molecule has 0 radical (unpaired) electrons. The van der Waals surface area contributed by atoms with Crippen LogP contribution in [0.3, 0.4) is 0 Å². The number of hydrogen-bond donors (Lipinski definition) is 0. The molecule has 25 heavy (non-hydrogen) atoms. The average molecular weight is 351 g/mol. The van der Waals surface area contributed by atoms with Crippen LogP contribution in [0.25, 0.3) is 0 Å². The molecule has 1 amide bonds. The van der Waals surface area contributed by atoms with E-state index in [1.165, 1.54) is 12.8 Å². The molecule has 2 aliphatic rings. The number of aromatic nitrogens is 2. The van der Waals surface area contributed by atoms with Gasteiger partial charge in [-0.3, -0.25) is 4.79 Å². The summed E-state index contributed by atoms with van der Waals surface area (Å²) in [6.07, 6.45) is 4.83. The van der Waals surface area contributed by atoms with E-state index in [1.807, 2.05) is 6.92 Å². The molecular formula is C18H29N3O4. The van der Waals surface area contributed by atoms with Crippen LogP contribution in [-0.4, -0.2) is 53.0 Å². The van der Waals surface area contributed by atoms with Crippen LogP contribution < -0.4 is 0 Å². The van der Waals surface area contributed by atoms with Gasteiger partial charge in [-0.15, -0.1) is 10.2 Å². The Balaban J connectivity index is 1.67. The molecule has 0 aromatic carbocycles. The predicted octanol–water partition coefficient (Wildman–Crippen LogP) is 2.65. The highest BCUT2D eigenvalue weighted by Gasteiger charge is 2.41. The van der Waals surface area contributed by atoms with Gasteiger partial charge in [0, 0.05) is 27.0 Å². The molecule has 0 N–H and O–H groups in total. The Morgan fingerprint density at radius 2 is 2.08 bits per heavy atom. The lowest BCUT2D eigenvalue weighted by Crippen LogP contribution is -2.41. The molecule has 0 spiro atoms. The lowest BCUT2D eigenvalue weighted by molar-refractivity contribution is -0.149. The summed E-state index contributed by atoms with van der Waals surface area (Å²) in [4.78, 5) is 14.8. The Bertz CT molecular complexity index is 591. The standard InChI is InChI=1S/C18H29N3O4/c1-11-6-5-7-14(8-11)24-12(2)18(22)21-10-15(23-4)9-16(21)17-20-19-13(3)25-17/h11-12,14-16H,5-10H2,1-4H3/t11?,12?,14?,15-,16-/m1/s1. The van der Waals surface area contributed by atoms with E-state index < -0.39 is 6.10 Å². The zero-order valence-corrected chi connectivity index (χ0v) is 15.6. The molecule has 1 aromatic rings. The summed E-state index contributed by atoms with van der Waals surface area (Å²) in [5.41, 5.74) is 0. The summed E-state index contributed by atoms with van der Waals surface area (Å²) in [5, 5.41) is 8.00. The molecule has 3 unspecified atom stereocenters. The van der Waals surface area contributed by atoms with E-state index in [0.717, 1.165) is 12.8 Å². The minimum absolute atomic E-state index is 0.0249. The van der Waals surface area contributed by atoms with Crippen LogP contribution in [0.2, 0.25) is 0 Å². The van der Waals surface area contributed by atoms with Crippen LogP contribution in [0.1, 0.15) is 63.8 Å². The van der Waals surface area contributed by atoms with Gasteiger partial charge < -0.3 is 18.8 Å². The zero-order valence-electron chi connectivity index (χ0n) is 15.6. The predicted molar refractivity (Wildman–Crippen MR) is 90.9 cm³/mol. The summed E-state index contributed by atoms with van der Waals surface area (Å²) in [7, 11) is 1.66. The van der Waals surface area contributed by atoms with Crippen LogP contribution in [0.4, 0.5) is 0 Å². The molecule has 2 fully saturated rings. The molecule has 140 valence electrons. The van der Waals surface area contributed by atoms with Crippen LogP contribution in [0, 0.1) is 12.8 Å². The first-order chi connectivity index (χ1) is 12.0. The van der Waals surface area contributed by atoms with Crippen molar-refractivity contribution in [3.05, 3.63) is 11.8 Å². The van der Waals surface area contributed by atoms with Gasteiger partial charge in [0.15, 0.2) is 0 Å². The van der Waals surface area contributed by atoms with E-state index in [1.54, 1.807) is 18.9 Å². The van der Waals surface area contributed by atoms with Gasteiger partial charge in [-0.25, -0.2) is 0 Å². The van der Waals surface area contributed by atoms with Crippen LogP contribution >= 0.6 is 0 Å². The zero-order chi connectivity index (χ0) is 18.0. The van der Waals surface area contributed by atoms with Gasteiger partial charge in [-0.2, -0.15) is 0 Å². The number of carbonyl (C=O) groups is 1. The van der Waals surface area contributed by atoms with Crippen molar-refractivity contribution in [2.24, 2.45) is 5.92 Å². The van der Waals surface area contributed by atoms with Crippen molar-refractivity contribution >= 4 is 5.91 Å². The highest BCUT2D eigenvalue weighted by Crippen LogP contribution is 2.34. The number of aryl methyl sites for hydroxylation is 1. The number of methoxy groups -OCH3 is 1. The number of rotatable bonds is 5. The summed E-state index contributed by atoms with van der Waals surface area (Å²) in [6, 6.07) is -0.241. The SMILES string of the molecule is CO[C@@H]1C[C@H](c2nnc(C)o2)N(C(=O)C(C)OC2CCCC(C)C2)C1. The number of nitrogens with zero attached hydrogens (tertiary/aromatic N) is 3. The Morgan fingerprint density at radius 3 is 2.72 bits per heavy atom. The van der Waals surface area contributed by atoms with E-state index in [4.69, 9.17) is 13.9 Å². The molecule has 1 aliphatic carbocycles. The van der Waals surface area contributed by atoms with Gasteiger partial charge in [0.2, 0.25) is 11.8 Å². The molecule has 1 saturated heterocycles. The van der Waals surface area contributed by atoms with Gasteiger partial charge in [0.25, 0.3) is 5.91 Å². The Hall–Kier alpha value is -1.47. The molecule has 1 saturated carbocycles. The highest BCUT2D eigenvalue weighted by atomic mass is 16.5. The average Bonchev–Trinajstić information content (AvgIpc) is 3.20. The Kier molecular flexibility index (Phi) is 5.74. The fraction of sp³-hybridized carbons (Fsp3) is 0.833. The van der Waals surface area contributed by atoms with Crippen molar-refractivity contribution in [1.29, 1.82) is 0 Å². The second-order valence-corrected chi connectivity index (χ2v) is 7.43. The summed E-state index contributed by atoms with van der Waals surface area (Å²) in [6.45, 7) is 6.37. The summed E-state index contributed by atoms with van der Waals surface area (Å²) < 4.78 is 17.1. The second kappa shape index (κ2) is 7.83. The molecule has 7 heteroatoms. The fourth-order valence-corrected chi connectivity index (χ4v) is 3.97. The van der Waals surface area contributed by atoms with Crippen LogP contribution in [-0.2, 0) is 14.3 Å². The number of carbonyl (C=O) groups excluding carboxylic acids is 1. The van der Waals surface area contributed by atoms with Gasteiger partial charge in [-0.1, -0.05) is 19.8 Å². The van der Waals surface area contributed by atoms with E-state index in [2.05, 4.69) is 17.1 Å². The first kappa shape index (κ1) is 18.3. The van der Waals surface area contributed by atoms with Crippen molar-refractivity contribution in [3.8, 4) is 0 Å². The topological polar surface area (TPSA) is 77.7 Å². The van der Waals surface area contributed by atoms with Gasteiger partial charge in [0.05, 0.1) is 12.2 Å². The van der Waals surface area contributed by atoms with Crippen molar-refractivity contribution in [2.75, 3.05) is 13.7 Å². The lowest BCUT2D eigenvalue weighted by atomic mass is 9.88. The molecule has 5 atom stereocenters. The van der Waals surface area contributed by atoms with Crippen molar-refractivity contribution in [2.45, 2.75) is 77.2 Å². The summed E-state index contributed by atoms with van der Waals surface area (Å²) in [5.74, 6) is 1.62. The quantitative estimate of drug-likeness (QED) is 0.811. The molecular weight excluding hydrogens is 322 g/mol.